The van der Waals surface area contributed by atoms with Gasteiger partial charge in [0.15, 0.2) is 9.84 Å². The lowest BCUT2D eigenvalue weighted by atomic mass is 9.89. The van der Waals surface area contributed by atoms with E-state index in [0.29, 0.717) is 42.0 Å². The van der Waals surface area contributed by atoms with E-state index in [1.807, 2.05) is 0 Å². The van der Waals surface area contributed by atoms with E-state index in [9.17, 15) is 13.2 Å². The maximum absolute atomic E-state index is 15.9. The van der Waals surface area contributed by atoms with Crippen molar-refractivity contribution in [2.75, 3.05) is 41.4 Å². The summed E-state index contributed by atoms with van der Waals surface area (Å²) in [6, 6.07) is 5.00. The van der Waals surface area contributed by atoms with Crippen LogP contribution in [-0.4, -0.2) is 54.1 Å². The van der Waals surface area contributed by atoms with Crippen molar-refractivity contribution in [3.8, 4) is 0 Å². The minimum atomic E-state index is -3.35. The Kier molecular flexibility index (Phi) is 10.9. The lowest BCUT2D eigenvalue weighted by Crippen LogP contribution is -2.43. The first-order chi connectivity index (χ1) is 22.0. The van der Waals surface area contributed by atoms with Crippen molar-refractivity contribution in [3.05, 3.63) is 57.9 Å². The molecule has 6 bridgehead atoms. The predicted octanol–water partition coefficient (Wildman–Crippen LogP) is 5.92. The van der Waals surface area contributed by atoms with Gasteiger partial charge >= 0.3 is 0 Å². The molecule has 13 heteroatoms. The molecule has 0 saturated carbocycles. The number of sulfone groups is 1. The number of hydrogen-bond donors (Lipinski definition) is 2. The first-order valence-corrected chi connectivity index (χ1v) is 18.3. The number of fused-ring (bicyclic) bond motifs is 2. The van der Waals surface area contributed by atoms with Crippen molar-refractivity contribution >= 4 is 32.4 Å². The van der Waals surface area contributed by atoms with Gasteiger partial charge in [-0.3, -0.25) is 9.36 Å². The average molecular weight is 663 g/mol. The Morgan fingerprint density at radius 2 is 1.74 bits per heavy atom. The molecule has 0 amide bonds. The molecule has 2 atom stereocenters. The zero-order valence-corrected chi connectivity index (χ0v) is 27.3. The quantitative estimate of drug-likeness (QED) is 0.355. The van der Waals surface area contributed by atoms with Crippen LogP contribution in [0.3, 0.4) is 0 Å². The van der Waals surface area contributed by atoms with E-state index in [1.54, 1.807) is 22.5 Å². The van der Waals surface area contributed by atoms with E-state index in [-0.39, 0.29) is 48.1 Å². The summed E-state index contributed by atoms with van der Waals surface area (Å²) in [7, 11) is -3.18. The van der Waals surface area contributed by atoms with Gasteiger partial charge in [-0.1, -0.05) is 56.7 Å². The van der Waals surface area contributed by atoms with Crippen LogP contribution in [0.5, 0.6) is 0 Å². The normalized spacial score (nSPS) is 23.0. The van der Waals surface area contributed by atoms with Gasteiger partial charge < -0.3 is 16.0 Å². The third-order valence-electron chi connectivity index (χ3n) is 9.48. The summed E-state index contributed by atoms with van der Waals surface area (Å²) in [4.78, 5) is 24.5. The van der Waals surface area contributed by atoms with Crippen LogP contribution in [0.2, 0.25) is 0 Å². The van der Waals surface area contributed by atoms with Gasteiger partial charge in [-0.15, -0.1) is 0 Å². The summed E-state index contributed by atoms with van der Waals surface area (Å²) in [5.41, 5.74) is 5.75. The average Bonchev–Trinajstić information content (AvgIpc) is 3.01. The fourth-order valence-corrected chi connectivity index (χ4v) is 7.92. The number of anilines is 2. The molecule has 252 valence electrons. The van der Waals surface area contributed by atoms with E-state index in [2.05, 4.69) is 15.3 Å². The van der Waals surface area contributed by atoms with Crippen LogP contribution in [-0.2, 0) is 22.3 Å². The summed E-state index contributed by atoms with van der Waals surface area (Å²) in [6.07, 6.45) is 8.14. The Morgan fingerprint density at radius 1 is 1.02 bits per heavy atom. The van der Waals surface area contributed by atoms with Crippen LogP contribution in [0.25, 0.3) is 11.0 Å². The second-order valence-corrected chi connectivity index (χ2v) is 15.1. The van der Waals surface area contributed by atoms with Gasteiger partial charge in [-0.25, -0.2) is 31.6 Å². The van der Waals surface area contributed by atoms with Gasteiger partial charge in [0.25, 0.3) is 11.5 Å². The van der Waals surface area contributed by atoms with Gasteiger partial charge in [0.1, 0.15) is 29.3 Å². The summed E-state index contributed by atoms with van der Waals surface area (Å²) in [6.45, 7) is 2.90. The molecule has 3 aromatic rings. The maximum Gasteiger partial charge on any atom is 0.276 e. The molecule has 0 radical (unpaired) electrons. The monoisotopic (exact) mass is 662 g/mol. The highest BCUT2D eigenvalue weighted by molar-refractivity contribution is 7.91. The second kappa shape index (κ2) is 14.7. The summed E-state index contributed by atoms with van der Waals surface area (Å²) in [5, 5.41) is 3.70. The van der Waals surface area contributed by atoms with Crippen LogP contribution >= 0.6 is 0 Å². The minimum Gasteiger partial charge on any atom is -0.365 e. The van der Waals surface area contributed by atoms with E-state index >= 15 is 13.2 Å². The van der Waals surface area contributed by atoms with Crippen molar-refractivity contribution in [2.45, 2.75) is 89.6 Å². The molecular formula is C33H45F3N6O3S. The lowest BCUT2D eigenvalue weighted by Gasteiger charge is -2.29. The van der Waals surface area contributed by atoms with E-state index in [4.69, 9.17) is 5.73 Å². The minimum absolute atomic E-state index is 0.0505. The Bertz CT molecular complexity index is 1670. The Hall–Kier alpha value is -3.19. The van der Waals surface area contributed by atoms with E-state index in [1.165, 1.54) is 18.5 Å². The number of nitrogens with one attached hydrogen (secondary N) is 1. The van der Waals surface area contributed by atoms with Gasteiger partial charge in [0.2, 0.25) is 0 Å². The third-order valence-corrected chi connectivity index (χ3v) is 11.1. The molecule has 1 fully saturated rings. The smallest absolute Gasteiger partial charge is 0.276 e. The van der Waals surface area contributed by atoms with Crippen LogP contribution in [0, 0.1) is 11.7 Å². The molecule has 4 heterocycles. The third kappa shape index (κ3) is 7.84. The van der Waals surface area contributed by atoms with E-state index in [0.717, 1.165) is 51.0 Å². The van der Waals surface area contributed by atoms with Gasteiger partial charge in [0.05, 0.1) is 28.5 Å². The molecular weight excluding hydrogens is 617 g/mol. The fraction of sp³-hybridized carbons (Fsp3) is 0.606. The number of halogens is 3. The Morgan fingerprint density at radius 3 is 2.48 bits per heavy atom. The Labute approximate surface area is 268 Å². The first-order valence-electron chi connectivity index (χ1n) is 16.5. The number of nitrogens with zero attached hydrogens (tertiary/aromatic N) is 4. The van der Waals surface area contributed by atoms with Crippen LogP contribution in [0.1, 0.15) is 88.3 Å². The highest BCUT2D eigenvalue weighted by Gasteiger charge is 2.36. The molecule has 1 unspecified atom stereocenters. The molecule has 0 spiro atoms. The Balaban J connectivity index is 1.54. The molecule has 3 N–H and O–H groups in total. The molecule has 1 saturated heterocycles. The highest BCUT2D eigenvalue weighted by Crippen LogP contribution is 2.39. The number of aryl methyl sites for hydroxylation is 1. The lowest BCUT2D eigenvalue weighted by molar-refractivity contribution is -0.0232. The number of aromatic nitrogens is 3. The van der Waals surface area contributed by atoms with Crippen LogP contribution in [0.15, 0.2) is 35.4 Å². The molecule has 2 aromatic heterocycles. The van der Waals surface area contributed by atoms with Gasteiger partial charge in [-0.2, -0.15) is 0 Å². The van der Waals surface area contributed by atoms with Crippen LogP contribution < -0.4 is 21.5 Å². The van der Waals surface area contributed by atoms with Crippen LogP contribution in [0.4, 0.5) is 24.7 Å². The number of rotatable bonds is 3. The fourth-order valence-electron chi connectivity index (χ4n) is 6.72. The number of nitrogens with two attached hydrogens (primary N) is 1. The number of alkyl halides is 2. The largest absolute Gasteiger partial charge is 0.365 e. The zero-order chi connectivity index (χ0) is 32.9. The molecule has 1 aromatic carbocycles. The topological polar surface area (TPSA) is 123 Å². The molecule has 0 aliphatic carbocycles. The number of benzene rings is 1. The number of pyridine rings is 1. The second-order valence-electron chi connectivity index (χ2n) is 12.8. The standard InChI is InChI=1S/C33H45F3N6O3S/c1-23-25-10-8-11-27(29(25)34)33(35,36)14-12-24(13-15-37)9-6-4-2-3-5-7-16-42-31-26(30(40-23)38-22-39-31)21-28(32(42)43)41-17-19-46(44,45)20-18-41/h8,10-11,21-24H,2-7,9,12-20,37H2,1H3,(H,38,39,40)/t23-,24?/m1/s1. The summed E-state index contributed by atoms with van der Waals surface area (Å²) < 4.78 is 72.9. The summed E-state index contributed by atoms with van der Waals surface area (Å²) in [5.74, 6) is -4.03. The first kappa shape index (κ1) is 34.2. The highest BCUT2D eigenvalue weighted by atomic mass is 32.2. The maximum atomic E-state index is 15.9. The van der Waals surface area contributed by atoms with E-state index < -0.39 is 39.6 Å². The van der Waals surface area contributed by atoms with Gasteiger partial charge in [0, 0.05) is 31.6 Å². The molecule has 2 aliphatic heterocycles. The van der Waals surface area contributed by atoms with Crippen molar-refractivity contribution in [2.24, 2.45) is 11.7 Å². The predicted molar refractivity (Wildman–Crippen MR) is 176 cm³/mol. The molecule has 2 aliphatic rings. The molecule has 9 nitrogen and oxygen atoms in total. The molecule has 5 rings (SSSR count). The zero-order valence-electron chi connectivity index (χ0n) is 26.5. The van der Waals surface area contributed by atoms with Gasteiger partial charge in [-0.05, 0) is 44.7 Å². The summed E-state index contributed by atoms with van der Waals surface area (Å²) >= 11 is 0. The number of hydrogen-bond acceptors (Lipinski definition) is 8. The van der Waals surface area contributed by atoms with Crippen molar-refractivity contribution in [3.63, 3.8) is 0 Å². The van der Waals surface area contributed by atoms with Crippen molar-refractivity contribution in [1.82, 2.24) is 14.5 Å². The van der Waals surface area contributed by atoms with Crippen molar-refractivity contribution in [1.29, 1.82) is 0 Å². The van der Waals surface area contributed by atoms with Crippen molar-refractivity contribution < 1.29 is 21.6 Å². The molecule has 46 heavy (non-hydrogen) atoms. The SMILES string of the molecule is C[C@H]1Nc2ncnc3c2cc(N2CCS(=O)(=O)CC2)c(=O)n3CCCCCCCCC(CCN)CCC(F)(F)c2cccc1c2F.